The van der Waals surface area contributed by atoms with Crippen LogP contribution < -0.4 is 10.6 Å². The summed E-state index contributed by atoms with van der Waals surface area (Å²) in [5, 5.41) is 16.2. The number of ether oxygens (including phenoxy) is 1. The predicted molar refractivity (Wildman–Crippen MR) is 112 cm³/mol. The van der Waals surface area contributed by atoms with E-state index in [4.69, 9.17) is 14.7 Å². The Morgan fingerprint density at radius 2 is 2.06 bits per heavy atom. The standard InChI is InChI=1S/C19H22F3N5O5S/c1-3-24-7-8-31-16(28)11-25-14(10-15(23)19(20,21)22)17-26-18(32-27-17)12-5-4-6-13(9-12)33(2,29)30/h4-6,9-10,23-25H,3,7-8,11H2,1-2H3/b14-10-,23-15?. The van der Waals surface area contributed by atoms with Gasteiger partial charge in [0.1, 0.15) is 18.9 Å². The van der Waals surface area contributed by atoms with Crippen molar-refractivity contribution in [1.82, 2.24) is 20.8 Å². The average Bonchev–Trinajstić information content (AvgIpc) is 3.23. The highest BCUT2D eigenvalue weighted by molar-refractivity contribution is 7.90. The summed E-state index contributed by atoms with van der Waals surface area (Å²) < 4.78 is 72.1. The summed E-state index contributed by atoms with van der Waals surface area (Å²) in [7, 11) is -3.53. The molecule has 0 amide bonds. The third-order valence-corrected chi connectivity index (χ3v) is 5.10. The first kappa shape index (κ1) is 26.0. The number of hydrogen-bond acceptors (Lipinski definition) is 10. The Morgan fingerprint density at radius 3 is 2.70 bits per heavy atom. The predicted octanol–water partition coefficient (Wildman–Crippen LogP) is 1.81. The topological polar surface area (TPSA) is 147 Å². The van der Waals surface area contributed by atoms with E-state index in [9.17, 15) is 26.4 Å². The van der Waals surface area contributed by atoms with Crippen molar-refractivity contribution in [2.45, 2.75) is 18.0 Å². The molecule has 0 aliphatic carbocycles. The fraction of sp³-hybridized carbons (Fsp3) is 0.368. The molecule has 3 N–H and O–H groups in total. The highest BCUT2D eigenvalue weighted by Crippen LogP contribution is 2.23. The zero-order chi connectivity index (χ0) is 24.6. The molecule has 0 unspecified atom stereocenters. The number of carbonyl (C=O) groups excluding carboxylic acids is 1. The second kappa shape index (κ2) is 11.0. The van der Waals surface area contributed by atoms with Gasteiger partial charge in [0.2, 0.25) is 5.82 Å². The van der Waals surface area contributed by atoms with E-state index in [0.29, 0.717) is 19.2 Å². The minimum absolute atomic E-state index is 0.0206. The van der Waals surface area contributed by atoms with Gasteiger partial charge in [-0.15, -0.1) is 0 Å². The number of alkyl halides is 3. The summed E-state index contributed by atoms with van der Waals surface area (Å²) in [6, 6.07) is 5.54. The lowest BCUT2D eigenvalue weighted by atomic mass is 10.2. The molecule has 10 nitrogen and oxygen atoms in total. The molecule has 0 spiro atoms. The third kappa shape index (κ3) is 7.98. The summed E-state index contributed by atoms with van der Waals surface area (Å²) in [6.45, 7) is 2.50. The van der Waals surface area contributed by atoms with Crippen LogP contribution in [0.1, 0.15) is 12.7 Å². The van der Waals surface area contributed by atoms with Gasteiger partial charge < -0.3 is 19.9 Å². The van der Waals surface area contributed by atoms with Gasteiger partial charge in [0.05, 0.1) is 10.6 Å². The monoisotopic (exact) mass is 489 g/mol. The van der Waals surface area contributed by atoms with Crippen LogP contribution in [0, 0.1) is 5.41 Å². The first-order chi connectivity index (χ1) is 15.4. The number of nitrogens with zero attached hydrogens (tertiary/aromatic N) is 2. The molecule has 0 radical (unpaired) electrons. The summed E-state index contributed by atoms with van der Waals surface area (Å²) >= 11 is 0. The van der Waals surface area contributed by atoms with Gasteiger partial charge in [-0.2, -0.15) is 18.2 Å². The summed E-state index contributed by atoms with van der Waals surface area (Å²) in [5.74, 6) is -1.29. The second-order valence-electron chi connectivity index (χ2n) is 6.62. The first-order valence-corrected chi connectivity index (χ1v) is 11.4. The van der Waals surface area contributed by atoms with Crippen molar-refractivity contribution in [1.29, 1.82) is 5.41 Å². The molecule has 1 aromatic heterocycles. The van der Waals surface area contributed by atoms with E-state index in [1.54, 1.807) is 0 Å². The molecule has 0 fully saturated rings. The number of likely N-dealkylation sites (N-methyl/N-ethyl adjacent to an activating group) is 1. The largest absolute Gasteiger partial charge is 0.463 e. The van der Waals surface area contributed by atoms with Crippen molar-refractivity contribution < 1.29 is 35.6 Å². The molecular weight excluding hydrogens is 467 g/mol. The average molecular weight is 489 g/mol. The molecule has 180 valence electrons. The lowest BCUT2D eigenvalue weighted by Crippen LogP contribution is -2.28. The summed E-state index contributed by atoms with van der Waals surface area (Å²) in [4.78, 5) is 15.8. The molecule has 0 bridgehead atoms. The van der Waals surface area contributed by atoms with Gasteiger partial charge >= 0.3 is 12.1 Å². The van der Waals surface area contributed by atoms with Crippen LogP contribution in [0.4, 0.5) is 13.2 Å². The molecule has 1 aromatic carbocycles. The minimum atomic E-state index is -4.95. The molecular formula is C19H22F3N5O5S. The van der Waals surface area contributed by atoms with Gasteiger partial charge in [-0.3, -0.25) is 10.2 Å². The van der Waals surface area contributed by atoms with Gasteiger partial charge in [0.25, 0.3) is 5.89 Å². The van der Waals surface area contributed by atoms with Crippen molar-refractivity contribution in [2.24, 2.45) is 0 Å². The lowest BCUT2D eigenvalue weighted by molar-refractivity contribution is -0.142. The Labute approximate surface area is 187 Å². The maximum Gasteiger partial charge on any atom is 0.432 e. The van der Waals surface area contributed by atoms with Crippen LogP contribution in [0.2, 0.25) is 0 Å². The number of nitrogens with one attached hydrogen (secondary N) is 3. The van der Waals surface area contributed by atoms with E-state index in [1.807, 2.05) is 6.92 Å². The van der Waals surface area contributed by atoms with Gasteiger partial charge in [-0.1, -0.05) is 18.1 Å². The van der Waals surface area contributed by atoms with Crippen LogP contribution in [0.3, 0.4) is 0 Å². The van der Waals surface area contributed by atoms with E-state index in [0.717, 1.165) is 6.26 Å². The maximum absolute atomic E-state index is 12.9. The Bertz CT molecular complexity index is 1130. The zero-order valence-electron chi connectivity index (χ0n) is 17.7. The molecule has 2 rings (SSSR count). The van der Waals surface area contributed by atoms with Crippen LogP contribution >= 0.6 is 0 Å². The van der Waals surface area contributed by atoms with Crippen molar-refractivity contribution in [3.8, 4) is 11.5 Å². The molecule has 0 saturated heterocycles. The number of aromatic nitrogens is 2. The number of benzene rings is 1. The molecule has 0 aliphatic rings. The van der Waals surface area contributed by atoms with E-state index in [2.05, 4.69) is 20.8 Å². The van der Waals surface area contributed by atoms with E-state index in [-0.39, 0.29) is 28.8 Å². The SMILES string of the molecule is CCNCCOC(=O)CN/C(=C\C(=N)C(F)(F)F)c1noc(-c2cccc(S(C)(=O)=O)c2)n1. The molecule has 0 saturated carbocycles. The number of halogens is 3. The molecule has 14 heteroatoms. The second-order valence-corrected chi connectivity index (χ2v) is 8.64. The van der Waals surface area contributed by atoms with Crippen molar-refractivity contribution >= 4 is 27.2 Å². The summed E-state index contributed by atoms with van der Waals surface area (Å²) in [6.07, 6.45) is -3.53. The van der Waals surface area contributed by atoms with E-state index < -0.39 is 39.9 Å². The highest BCUT2D eigenvalue weighted by Gasteiger charge is 2.33. The Balaban J connectivity index is 2.26. The third-order valence-electron chi connectivity index (χ3n) is 3.99. The number of sulfone groups is 1. The smallest absolute Gasteiger partial charge is 0.432 e. The highest BCUT2D eigenvalue weighted by atomic mass is 32.2. The van der Waals surface area contributed by atoms with Gasteiger partial charge in [-0.25, -0.2) is 8.42 Å². The number of esters is 1. The van der Waals surface area contributed by atoms with Crippen LogP contribution in [-0.4, -0.2) is 68.9 Å². The van der Waals surface area contributed by atoms with Crippen LogP contribution in [0.15, 0.2) is 39.8 Å². The molecule has 0 atom stereocenters. The number of hydrogen-bond donors (Lipinski definition) is 3. The normalized spacial score (nSPS) is 12.5. The minimum Gasteiger partial charge on any atom is -0.463 e. The van der Waals surface area contributed by atoms with Crippen molar-refractivity contribution in [3.05, 3.63) is 36.2 Å². The first-order valence-electron chi connectivity index (χ1n) is 9.54. The lowest BCUT2D eigenvalue weighted by Gasteiger charge is -2.10. The maximum atomic E-state index is 12.9. The summed E-state index contributed by atoms with van der Waals surface area (Å²) in [5.41, 5.74) is -1.91. The fourth-order valence-electron chi connectivity index (χ4n) is 2.36. The molecule has 1 heterocycles. The van der Waals surface area contributed by atoms with Crippen LogP contribution in [-0.2, 0) is 19.4 Å². The van der Waals surface area contributed by atoms with Gasteiger partial charge in [-0.05, 0) is 30.8 Å². The number of allylic oxidation sites excluding steroid dienone is 1. The Hall–Kier alpha value is -3.26. The number of carbonyl (C=O) groups is 1. The van der Waals surface area contributed by atoms with Crippen molar-refractivity contribution in [3.63, 3.8) is 0 Å². The van der Waals surface area contributed by atoms with E-state index in [1.165, 1.54) is 24.3 Å². The van der Waals surface area contributed by atoms with Crippen LogP contribution in [0.5, 0.6) is 0 Å². The number of rotatable bonds is 11. The van der Waals surface area contributed by atoms with Crippen molar-refractivity contribution in [2.75, 3.05) is 32.5 Å². The quantitative estimate of drug-likeness (QED) is 0.244. The molecule has 0 aliphatic heterocycles. The zero-order valence-corrected chi connectivity index (χ0v) is 18.5. The molecule has 2 aromatic rings. The van der Waals surface area contributed by atoms with Gasteiger partial charge in [0.15, 0.2) is 9.84 Å². The Kier molecular flexibility index (Phi) is 8.70. The Morgan fingerprint density at radius 1 is 1.33 bits per heavy atom. The fourth-order valence-corrected chi connectivity index (χ4v) is 3.03. The van der Waals surface area contributed by atoms with Gasteiger partial charge in [0, 0.05) is 18.4 Å². The molecule has 33 heavy (non-hydrogen) atoms. The van der Waals surface area contributed by atoms with E-state index >= 15 is 0 Å². The van der Waals surface area contributed by atoms with Crippen LogP contribution in [0.25, 0.3) is 17.2 Å².